The first-order valence-corrected chi connectivity index (χ1v) is 6.26. The maximum Gasteiger partial charge on any atom is 0.324 e. The van der Waals surface area contributed by atoms with Gasteiger partial charge in [0, 0.05) is 5.02 Å². The number of amides is 3. The normalized spacial score (nSPS) is 10.1. The predicted octanol–water partition coefficient (Wildman–Crippen LogP) is 2.36. The number of rotatable bonds is 3. The van der Waals surface area contributed by atoms with Gasteiger partial charge < -0.3 is 16.6 Å². The molecule has 0 aromatic heterocycles. The number of phenols is 1. The highest BCUT2D eigenvalue weighted by Crippen LogP contribution is 2.36. The van der Waals surface area contributed by atoms with Gasteiger partial charge in [0.2, 0.25) is 0 Å². The molecule has 2 rings (SSSR count). The first-order chi connectivity index (χ1) is 9.91. The number of urea groups is 1. The summed E-state index contributed by atoms with van der Waals surface area (Å²) in [6.07, 6.45) is 0. The van der Waals surface area contributed by atoms with E-state index in [1.165, 1.54) is 30.3 Å². The molecule has 2 aromatic rings. The Labute approximate surface area is 125 Å². The molecule has 21 heavy (non-hydrogen) atoms. The minimum atomic E-state index is -0.888. The molecule has 0 aliphatic carbocycles. The standard InChI is InChI=1S/C14H12ClN3O3/c15-8-5-6-12(19)11(7-8)18(14(17)21)10-4-2-1-3-9(10)13(16)20/h1-7,19H,(H2,16,20)(H2,17,21). The van der Waals surface area contributed by atoms with Gasteiger partial charge in [0.15, 0.2) is 0 Å². The van der Waals surface area contributed by atoms with Gasteiger partial charge in [-0.05, 0) is 30.3 Å². The van der Waals surface area contributed by atoms with Crippen LogP contribution in [0.25, 0.3) is 0 Å². The minimum absolute atomic E-state index is 0.0590. The number of benzene rings is 2. The molecule has 2 aromatic carbocycles. The van der Waals surface area contributed by atoms with Gasteiger partial charge >= 0.3 is 6.03 Å². The van der Waals surface area contributed by atoms with Crippen molar-refractivity contribution >= 4 is 34.9 Å². The van der Waals surface area contributed by atoms with Gasteiger partial charge in [-0.15, -0.1) is 0 Å². The van der Waals surface area contributed by atoms with Crippen LogP contribution in [0.1, 0.15) is 10.4 Å². The number of hydrogen-bond acceptors (Lipinski definition) is 3. The van der Waals surface area contributed by atoms with Gasteiger partial charge in [-0.25, -0.2) is 4.79 Å². The predicted molar refractivity (Wildman–Crippen MR) is 79.8 cm³/mol. The summed E-state index contributed by atoms with van der Waals surface area (Å²) in [5.74, 6) is -0.934. The van der Waals surface area contributed by atoms with E-state index in [0.29, 0.717) is 5.02 Å². The number of para-hydroxylation sites is 1. The molecule has 0 heterocycles. The SMILES string of the molecule is NC(=O)c1ccccc1N(C(N)=O)c1cc(Cl)ccc1O. The summed E-state index contributed by atoms with van der Waals surface area (Å²) < 4.78 is 0. The first kappa shape index (κ1) is 14.7. The fourth-order valence-corrected chi connectivity index (χ4v) is 2.09. The van der Waals surface area contributed by atoms with Crippen molar-refractivity contribution in [3.8, 4) is 5.75 Å². The molecule has 6 nitrogen and oxygen atoms in total. The molecular formula is C14H12ClN3O3. The van der Waals surface area contributed by atoms with Crippen LogP contribution in [0, 0.1) is 0 Å². The molecule has 0 saturated carbocycles. The molecule has 0 unspecified atom stereocenters. The van der Waals surface area contributed by atoms with E-state index < -0.39 is 11.9 Å². The molecule has 7 heteroatoms. The number of anilines is 2. The number of phenolic OH excluding ortho intramolecular Hbond substituents is 1. The highest BCUT2D eigenvalue weighted by Gasteiger charge is 2.23. The summed E-state index contributed by atoms with van der Waals surface area (Å²) in [6.45, 7) is 0. The van der Waals surface area contributed by atoms with Crippen LogP contribution in [-0.4, -0.2) is 17.0 Å². The van der Waals surface area contributed by atoms with E-state index in [0.717, 1.165) is 4.90 Å². The second-order valence-electron chi connectivity index (χ2n) is 4.19. The Morgan fingerprint density at radius 1 is 1.05 bits per heavy atom. The van der Waals surface area contributed by atoms with Crippen molar-refractivity contribution in [2.24, 2.45) is 11.5 Å². The highest BCUT2D eigenvalue weighted by atomic mass is 35.5. The molecule has 0 saturated heterocycles. The second kappa shape index (κ2) is 5.72. The molecule has 108 valence electrons. The molecule has 5 N–H and O–H groups in total. The van der Waals surface area contributed by atoms with E-state index >= 15 is 0 Å². The monoisotopic (exact) mass is 305 g/mol. The Morgan fingerprint density at radius 3 is 2.33 bits per heavy atom. The molecule has 3 amide bonds. The van der Waals surface area contributed by atoms with Crippen molar-refractivity contribution in [2.45, 2.75) is 0 Å². The summed E-state index contributed by atoms with van der Waals surface area (Å²) in [5.41, 5.74) is 11.0. The number of nitrogens with zero attached hydrogens (tertiary/aromatic N) is 1. The number of carbonyl (C=O) groups excluding carboxylic acids is 2. The Hall–Kier alpha value is -2.73. The van der Waals surface area contributed by atoms with Crippen LogP contribution < -0.4 is 16.4 Å². The van der Waals surface area contributed by atoms with Crippen LogP contribution in [-0.2, 0) is 0 Å². The number of carbonyl (C=O) groups is 2. The molecule has 0 spiro atoms. The summed E-state index contributed by atoms with van der Waals surface area (Å²) in [7, 11) is 0. The van der Waals surface area contributed by atoms with E-state index in [2.05, 4.69) is 0 Å². The van der Waals surface area contributed by atoms with Gasteiger partial charge in [-0.2, -0.15) is 0 Å². The number of hydrogen-bond donors (Lipinski definition) is 3. The number of nitrogens with two attached hydrogens (primary N) is 2. The Kier molecular flexibility index (Phi) is 4.00. The summed E-state index contributed by atoms with van der Waals surface area (Å²) >= 11 is 5.87. The van der Waals surface area contributed by atoms with Gasteiger partial charge in [0.25, 0.3) is 5.91 Å². The zero-order valence-electron chi connectivity index (χ0n) is 10.8. The van der Waals surface area contributed by atoms with Crippen molar-refractivity contribution in [3.05, 3.63) is 53.1 Å². The number of aromatic hydroxyl groups is 1. The van der Waals surface area contributed by atoms with Crippen LogP contribution in [0.2, 0.25) is 5.02 Å². The highest BCUT2D eigenvalue weighted by molar-refractivity contribution is 6.31. The molecular weight excluding hydrogens is 294 g/mol. The molecule has 0 radical (unpaired) electrons. The van der Waals surface area contributed by atoms with Gasteiger partial charge in [-0.3, -0.25) is 9.69 Å². The van der Waals surface area contributed by atoms with Crippen molar-refractivity contribution < 1.29 is 14.7 Å². The second-order valence-corrected chi connectivity index (χ2v) is 4.62. The van der Waals surface area contributed by atoms with Crippen molar-refractivity contribution in [3.63, 3.8) is 0 Å². The Morgan fingerprint density at radius 2 is 1.71 bits per heavy atom. The van der Waals surface area contributed by atoms with Crippen LogP contribution in [0.15, 0.2) is 42.5 Å². The van der Waals surface area contributed by atoms with E-state index in [1.807, 2.05) is 0 Å². The van der Waals surface area contributed by atoms with E-state index in [1.54, 1.807) is 12.1 Å². The van der Waals surface area contributed by atoms with Crippen molar-refractivity contribution in [1.82, 2.24) is 0 Å². The first-order valence-electron chi connectivity index (χ1n) is 5.88. The maximum absolute atomic E-state index is 11.8. The van der Waals surface area contributed by atoms with E-state index in [9.17, 15) is 14.7 Å². The minimum Gasteiger partial charge on any atom is -0.506 e. The largest absolute Gasteiger partial charge is 0.506 e. The van der Waals surface area contributed by atoms with Crippen LogP contribution in [0.5, 0.6) is 5.75 Å². The van der Waals surface area contributed by atoms with E-state index in [-0.39, 0.29) is 22.7 Å². The number of halogens is 1. The molecule has 0 fully saturated rings. The lowest BCUT2D eigenvalue weighted by Crippen LogP contribution is -2.33. The third kappa shape index (κ3) is 2.90. The molecule has 0 aliphatic rings. The average molecular weight is 306 g/mol. The van der Waals surface area contributed by atoms with E-state index in [4.69, 9.17) is 23.1 Å². The quantitative estimate of drug-likeness (QED) is 0.809. The van der Waals surface area contributed by atoms with Crippen molar-refractivity contribution in [1.29, 1.82) is 0 Å². The lowest BCUT2D eigenvalue weighted by atomic mass is 10.1. The zero-order chi connectivity index (χ0) is 15.6. The van der Waals surface area contributed by atoms with Crippen LogP contribution >= 0.6 is 11.6 Å². The fraction of sp³-hybridized carbons (Fsp3) is 0. The molecule has 0 bridgehead atoms. The lowest BCUT2D eigenvalue weighted by Gasteiger charge is -2.23. The summed E-state index contributed by atoms with van der Waals surface area (Å²) in [4.78, 5) is 24.2. The number of primary amides is 2. The molecule has 0 aliphatic heterocycles. The lowest BCUT2D eigenvalue weighted by molar-refractivity contribution is 0.100. The Balaban J connectivity index is 2.68. The summed E-state index contributed by atoms with van der Waals surface area (Å²) in [6, 6.07) is 9.40. The van der Waals surface area contributed by atoms with Gasteiger partial charge in [0.1, 0.15) is 5.75 Å². The maximum atomic E-state index is 11.8. The van der Waals surface area contributed by atoms with Crippen molar-refractivity contribution in [2.75, 3.05) is 4.90 Å². The molecule has 0 atom stereocenters. The smallest absolute Gasteiger partial charge is 0.324 e. The van der Waals surface area contributed by atoms with Crippen LogP contribution in [0.3, 0.4) is 0 Å². The Bertz CT molecular complexity index is 718. The third-order valence-electron chi connectivity index (χ3n) is 2.81. The summed E-state index contributed by atoms with van der Waals surface area (Å²) in [5, 5.41) is 10.2. The van der Waals surface area contributed by atoms with Gasteiger partial charge in [0.05, 0.1) is 16.9 Å². The topological polar surface area (TPSA) is 110 Å². The van der Waals surface area contributed by atoms with Crippen LogP contribution in [0.4, 0.5) is 16.2 Å². The third-order valence-corrected chi connectivity index (χ3v) is 3.04. The average Bonchev–Trinajstić information content (AvgIpc) is 2.43. The fourth-order valence-electron chi connectivity index (χ4n) is 1.92. The zero-order valence-corrected chi connectivity index (χ0v) is 11.5. The van der Waals surface area contributed by atoms with Gasteiger partial charge in [-0.1, -0.05) is 23.7 Å².